The number of carbonyl (C=O) groups excluding carboxylic acids is 1. The second-order valence-corrected chi connectivity index (χ2v) is 3.33. The van der Waals surface area contributed by atoms with E-state index in [1.807, 2.05) is 18.2 Å². The molecule has 0 bridgehead atoms. The van der Waals surface area contributed by atoms with Gasteiger partial charge in [-0.05, 0) is 11.1 Å². The molecule has 1 aliphatic carbocycles. The number of nitrogens with one attached hydrogen (secondary N) is 1. The Morgan fingerprint density at radius 3 is 2.83 bits per heavy atom. The molecule has 3 rings (SSSR count). The highest BCUT2D eigenvalue weighted by Gasteiger charge is 2.58. The van der Waals surface area contributed by atoms with Gasteiger partial charge < -0.3 is 0 Å². The molecule has 1 atom stereocenters. The van der Waals surface area contributed by atoms with E-state index in [1.54, 1.807) is 6.42 Å². The number of fused-ring (bicyclic) bond motifs is 2. The van der Waals surface area contributed by atoms with Crippen LogP contribution < -0.4 is 5.32 Å². The summed E-state index contributed by atoms with van der Waals surface area (Å²) in [6, 6.07) is 8.08. The first-order chi connectivity index (χ1) is 5.83. The average molecular weight is 158 g/mol. The van der Waals surface area contributed by atoms with Gasteiger partial charge in [-0.3, -0.25) is 10.1 Å². The standard InChI is InChI=1S/C10H8NO/c12-9-5-10(9)8-4-2-1-3-7(8)6-11-10/h1-5,11H,6H2. The van der Waals surface area contributed by atoms with Crippen LogP contribution in [0.3, 0.4) is 0 Å². The van der Waals surface area contributed by atoms with E-state index in [2.05, 4.69) is 11.4 Å². The minimum absolute atomic E-state index is 0.215. The zero-order chi connectivity index (χ0) is 8.18. The van der Waals surface area contributed by atoms with Crippen molar-refractivity contribution in [2.24, 2.45) is 0 Å². The van der Waals surface area contributed by atoms with Crippen molar-refractivity contribution in [1.29, 1.82) is 0 Å². The topological polar surface area (TPSA) is 29.1 Å². The molecule has 1 N–H and O–H groups in total. The SMILES string of the molecule is O=C1[CH]C12NCc1ccccc12. The quantitative estimate of drug-likeness (QED) is 0.604. The molecule has 2 nitrogen and oxygen atoms in total. The Bertz CT molecular complexity index is 372. The lowest BCUT2D eigenvalue weighted by Crippen LogP contribution is -2.22. The van der Waals surface area contributed by atoms with E-state index in [1.165, 1.54) is 5.56 Å². The van der Waals surface area contributed by atoms with E-state index in [0.717, 1.165) is 12.1 Å². The van der Waals surface area contributed by atoms with Crippen LogP contribution in [0.4, 0.5) is 0 Å². The van der Waals surface area contributed by atoms with E-state index >= 15 is 0 Å². The number of rotatable bonds is 0. The second kappa shape index (κ2) is 1.77. The minimum Gasteiger partial charge on any atom is -0.297 e. The normalized spacial score (nSPS) is 30.8. The van der Waals surface area contributed by atoms with E-state index < -0.39 is 0 Å². The van der Waals surface area contributed by atoms with Crippen LogP contribution in [0.1, 0.15) is 11.1 Å². The molecular formula is C10H8NO. The van der Waals surface area contributed by atoms with Crippen LogP contribution in [-0.2, 0) is 16.9 Å². The average Bonchev–Trinajstić information content (AvgIpc) is 2.58. The zero-order valence-electron chi connectivity index (χ0n) is 6.50. The fourth-order valence-electron chi connectivity index (χ4n) is 1.90. The molecule has 2 heteroatoms. The van der Waals surface area contributed by atoms with Gasteiger partial charge in [0.15, 0.2) is 5.78 Å². The number of hydrogen-bond acceptors (Lipinski definition) is 2. The monoisotopic (exact) mass is 158 g/mol. The van der Waals surface area contributed by atoms with E-state index in [0.29, 0.717) is 0 Å². The van der Waals surface area contributed by atoms with Crippen LogP contribution in [0.2, 0.25) is 0 Å². The van der Waals surface area contributed by atoms with Gasteiger partial charge in [-0.15, -0.1) is 0 Å². The van der Waals surface area contributed by atoms with Crippen LogP contribution >= 0.6 is 0 Å². The van der Waals surface area contributed by atoms with Gasteiger partial charge >= 0.3 is 0 Å². The molecule has 0 amide bonds. The fourth-order valence-corrected chi connectivity index (χ4v) is 1.90. The van der Waals surface area contributed by atoms with Crippen molar-refractivity contribution >= 4 is 5.78 Å². The zero-order valence-corrected chi connectivity index (χ0v) is 6.50. The predicted molar refractivity (Wildman–Crippen MR) is 44.3 cm³/mol. The van der Waals surface area contributed by atoms with Gasteiger partial charge in [0, 0.05) is 6.54 Å². The third-order valence-electron chi connectivity index (χ3n) is 2.65. The van der Waals surface area contributed by atoms with Crippen LogP contribution in [0.25, 0.3) is 0 Å². The van der Waals surface area contributed by atoms with Crippen LogP contribution in [0.5, 0.6) is 0 Å². The number of Topliss-reactive ketones (excluding diaryl/α,β-unsaturated/α-hetero) is 1. The third-order valence-corrected chi connectivity index (χ3v) is 2.65. The van der Waals surface area contributed by atoms with Crippen molar-refractivity contribution in [3.8, 4) is 0 Å². The highest BCUT2D eigenvalue weighted by molar-refractivity contribution is 6.17. The van der Waals surface area contributed by atoms with Gasteiger partial charge in [-0.25, -0.2) is 0 Å². The molecule has 1 aromatic carbocycles. The molecule has 1 unspecified atom stereocenters. The van der Waals surface area contributed by atoms with Gasteiger partial charge in [-0.2, -0.15) is 0 Å². The van der Waals surface area contributed by atoms with Crippen molar-refractivity contribution in [2.75, 3.05) is 0 Å². The molecule has 0 aromatic heterocycles. The van der Waals surface area contributed by atoms with E-state index in [-0.39, 0.29) is 11.3 Å². The molecule has 1 aliphatic heterocycles. The highest BCUT2D eigenvalue weighted by atomic mass is 16.1. The van der Waals surface area contributed by atoms with Gasteiger partial charge in [0.05, 0.1) is 6.42 Å². The number of benzene rings is 1. The summed E-state index contributed by atoms with van der Waals surface area (Å²) < 4.78 is 0. The van der Waals surface area contributed by atoms with Crippen LogP contribution in [-0.4, -0.2) is 5.78 Å². The summed E-state index contributed by atoms with van der Waals surface area (Å²) in [6.45, 7) is 0.818. The van der Waals surface area contributed by atoms with Gasteiger partial charge in [0.2, 0.25) is 0 Å². The first kappa shape index (κ1) is 6.38. The summed E-state index contributed by atoms with van der Waals surface area (Å²) in [5.74, 6) is 0.215. The maximum atomic E-state index is 11.2. The summed E-state index contributed by atoms with van der Waals surface area (Å²) in [5, 5.41) is 3.22. The summed E-state index contributed by atoms with van der Waals surface area (Å²) in [6.07, 6.45) is 1.75. The van der Waals surface area contributed by atoms with E-state index in [4.69, 9.17) is 0 Å². The largest absolute Gasteiger partial charge is 0.297 e. The molecule has 1 heterocycles. The van der Waals surface area contributed by atoms with Crippen molar-refractivity contribution in [1.82, 2.24) is 5.32 Å². The lowest BCUT2D eigenvalue weighted by Gasteiger charge is -2.03. The van der Waals surface area contributed by atoms with Gasteiger partial charge in [-0.1, -0.05) is 24.3 Å². The van der Waals surface area contributed by atoms with Gasteiger partial charge in [0.1, 0.15) is 5.54 Å². The highest BCUT2D eigenvalue weighted by Crippen LogP contribution is 2.45. The van der Waals surface area contributed by atoms with E-state index in [9.17, 15) is 4.79 Å². The number of hydrogen-bond donors (Lipinski definition) is 1. The number of ketones is 1. The third kappa shape index (κ3) is 0.573. The Balaban J connectivity index is 2.21. The molecule has 2 aliphatic rings. The summed E-state index contributed by atoms with van der Waals surface area (Å²) in [7, 11) is 0. The van der Waals surface area contributed by atoms with Crippen LogP contribution in [0, 0.1) is 6.42 Å². The fraction of sp³-hybridized carbons (Fsp3) is 0.200. The Labute approximate surface area is 70.6 Å². The maximum Gasteiger partial charge on any atom is 0.164 e. The predicted octanol–water partition coefficient (Wildman–Crippen LogP) is 0.772. The second-order valence-electron chi connectivity index (χ2n) is 3.33. The van der Waals surface area contributed by atoms with Crippen molar-refractivity contribution in [2.45, 2.75) is 12.1 Å². The molecule has 1 radical (unpaired) electrons. The van der Waals surface area contributed by atoms with Crippen molar-refractivity contribution in [3.63, 3.8) is 0 Å². The number of carbonyl (C=O) groups is 1. The molecule has 1 fully saturated rings. The molecule has 1 spiro atoms. The molecule has 0 saturated heterocycles. The summed E-state index contributed by atoms with van der Waals surface area (Å²) >= 11 is 0. The first-order valence-electron chi connectivity index (χ1n) is 4.07. The Kier molecular flexibility index (Phi) is 0.943. The maximum absolute atomic E-state index is 11.2. The Hall–Kier alpha value is -1.15. The van der Waals surface area contributed by atoms with Crippen LogP contribution in [0.15, 0.2) is 24.3 Å². The summed E-state index contributed by atoms with van der Waals surface area (Å²) in [4.78, 5) is 11.2. The first-order valence-corrected chi connectivity index (χ1v) is 4.07. The minimum atomic E-state index is -0.378. The van der Waals surface area contributed by atoms with Crippen molar-refractivity contribution in [3.05, 3.63) is 41.8 Å². The lowest BCUT2D eigenvalue weighted by atomic mass is 10.0. The molecule has 1 aromatic rings. The van der Waals surface area contributed by atoms with Crippen molar-refractivity contribution < 1.29 is 4.79 Å². The summed E-state index contributed by atoms with van der Waals surface area (Å²) in [5.41, 5.74) is 2.02. The van der Waals surface area contributed by atoms with Gasteiger partial charge in [0.25, 0.3) is 0 Å². The molecule has 59 valence electrons. The molecule has 12 heavy (non-hydrogen) atoms. The molecular weight excluding hydrogens is 150 g/mol. The Morgan fingerprint density at radius 2 is 2.08 bits per heavy atom. The molecule has 1 saturated carbocycles. The lowest BCUT2D eigenvalue weighted by molar-refractivity contribution is -0.111. The Morgan fingerprint density at radius 1 is 1.33 bits per heavy atom. The smallest absolute Gasteiger partial charge is 0.164 e.